The molecule has 0 unspecified atom stereocenters. The smallest absolute Gasteiger partial charge is 0.243 e. The molecule has 0 amide bonds. The highest BCUT2D eigenvalue weighted by molar-refractivity contribution is 7.89. The molecule has 0 saturated heterocycles. The van der Waals surface area contributed by atoms with E-state index in [9.17, 15) is 8.42 Å². The van der Waals surface area contributed by atoms with Crippen molar-refractivity contribution in [3.8, 4) is 0 Å². The van der Waals surface area contributed by atoms with Gasteiger partial charge >= 0.3 is 0 Å². The fraction of sp³-hybridized carbons (Fsp3) is 0.600. The molecule has 17 heavy (non-hydrogen) atoms. The van der Waals surface area contributed by atoms with Gasteiger partial charge in [0, 0.05) is 30.4 Å². The quantitative estimate of drug-likeness (QED) is 0.819. The summed E-state index contributed by atoms with van der Waals surface area (Å²) in [6.07, 6.45) is 0. The molecule has 0 aliphatic rings. The van der Waals surface area contributed by atoms with Crippen LogP contribution in [-0.4, -0.2) is 57.0 Å². The van der Waals surface area contributed by atoms with E-state index >= 15 is 0 Å². The van der Waals surface area contributed by atoms with Gasteiger partial charge in [-0.05, 0) is 20.2 Å². The zero-order valence-electron chi connectivity index (χ0n) is 10.3. The standard InChI is InChI=1S/C10H18N2O3S2/c1-11(2)4-5-12(3)17(14,15)10-6-9(7-13)16-8-10/h6,8,13H,4-5,7H2,1-3H3. The number of rotatable bonds is 6. The minimum absolute atomic E-state index is 0.123. The van der Waals surface area contributed by atoms with E-state index in [2.05, 4.69) is 0 Å². The summed E-state index contributed by atoms with van der Waals surface area (Å²) in [5, 5.41) is 10.5. The summed E-state index contributed by atoms with van der Waals surface area (Å²) < 4.78 is 25.5. The largest absolute Gasteiger partial charge is 0.391 e. The third-order valence-electron chi connectivity index (χ3n) is 2.36. The summed E-state index contributed by atoms with van der Waals surface area (Å²) in [5.74, 6) is 0. The van der Waals surface area contributed by atoms with Crippen molar-refractivity contribution in [2.24, 2.45) is 0 Å². The van der Waals surface area contributed by atoms with Gasteiger partial charge in [0.05, 0.1) is 11.5 Å². The van der Waals surface area contributed by atoms with Gasteiger partial charge in [-0.15, -0.1) is 11.3 Å². The maximum atomic E-state index is 12.1. The SMILES string of the molecule is CN(C)CCN(C)S(=O)(=O)c1csc(CO)c1. The fourth-order valence-electron chi connectivity index (χ4n) is 1.22. The van der Waals surface area contributed by atoms with Crippen LogP contribution in [0.4, 0.5) is 0 Å². The van der Waals surface area contributed by atoms with Gasteiger partial charge in [-0.1, -0.05) is 0 Å². The highest BCUT2D eigenvalue weighted by atomic mass is 32.2. The van der Waals surface area contributed by atoms with Gasteiger partial charge in [-0.3, -0.25) is 0 Å². The van der Waals surface area contributed by atoms with Crippen LogP contribution in [0.15, 0.2) is 16.3 Å². The topological polar surface area (TPSA) is 60.9 Å². The lowest BCUT2D eigenvalue weighted by Gasteiger charge is -2.18. The number of sulfonamides is 1. The Bertz CT molecular complexity index is 454. The van der Waals surface area contributed by atoms with Gasteiger partial charge in [0.25, 0.3) is 0 Å². The van der Waals surface area contributed by atoms with E-state index < -0.39 is 10.0 Å². The van der Waals surface area contributed by atoms with Gasteiger partial charge in [-0.2, -0.15) is 4.31 Å². The van der Waals surface area contributed by atoms with Crippen molar-refractivity contribution in [1.82, 2.24) is 9.21 Å². The number of hydrogen-bond acceptors (Lipinski definition) is 5. The zero-order valence-corrected chi connectivity index (χ0v) is 11.9. The number of aliphatic hydroxyl groups is 1. The molecule has 0 spiro atoms. The van der Waals surface area contributed by atoms with Crippen molar-refractivity contribution in [2.45, 2.75) is 11.5 Å². The Kier molecular flexibility index (Phi) is 5.08. The van der Waals surface area contributed by atoms with Gasteiger partial charge in [-0.25, -0.2) is 8.42 Å². The fourth-order valence-corrected chi connectivity index (χ4v) is 3.50. The van der Waals surface area contributed by atoms with E-state index in [1.54, 1.807) is 12.4 Å². The summed E-state index contributed by atoms with van der Waals surface area (Å²) in [6.45, 7) is 0.994. The zero-order chi connectivity index (χ0) is 13.1. The highest BCUT2D eigenvalue weighted by Gasteiger charge is 2.21. The molecule has 0 saturated carbocycles. The molecule has 1 N–H and O–H groups in total. The molecule has 1 aromatic rings. The van der Waals surface area contributed by atoms with Crippen molar-refractivity contribution in [3.63, 3.8) is 0 Å². The lowest BCUT2D eigenvalue weighted by molar-refractivity contribution is 0.285. The van der Waals surface area contributed by atoms with Crippen LogP contribution in [0.2, 0.25) is 0 Å². The monoisotopic (exact) mass is 278 g/mol. The molecule has 0 radical (unpaired) electrons. The predicted molar refractivity (Wildman–Crippen MR) is 68.6 cm³/mol. The summed E-state index contributed by atoms with van der Waals surface area (Å²) >= 11 is 1.25. The summed E-state index contributed by atoms with van der Waals surface area (Å²) in [7, 11) is 1.94. The second kappa shape index (κ2) is 5.92. The minimum Gasteiger partial charge on any atom is -0.391 e. The third kappa shape index (κ3) is 3.75. The lowest BCUT2D eigenvalue weighted by Crippen LogP contribution is -2.33. The van der Waals surface area contributed by atoms with E-state index in [0.29, 0.717) is 18.0 Å². The Morgan fingerprint density at radius 3 is 2.41 bits per heavy atom. The Morgan fingerprint density at radius 2 is 1.94 bits per heavy atom. The van der Waals surface area contributed by atoms with Gasteiger partial charge < -0.3 is 10.0 Å². The first-order chi connectivity index (χ1) is 7.87. The van der Waals surface area contributed by atoms with Gasteiger partial charge in [0.1, 0.15) is 0 Å². The second-order valence-electron chi connectivity index (χ2n) is 4.04. The molecule has 5 nitrogen and oxygen atoms in total. The van der Waals surface area contributed by atoms with Crippen LogP contribution in [0.25, 0.3) is 0 Å². The number of likely N-dealkylation sites (N-methyl/N-ethyl adjacent to an activating group) is 2. The number of hydrogen-bond donors (Lipinski definition) is 1. The number of aliphatic hydroxyl groups excluding tert-OH is 1. The van der Waals surface area contributed by atoms with Crippen LogP contribution >= 0.6 is 11.3 Å². The molecule has 98 valence electrons. The van der Waals surface area contributed by atoms with Crippen molar-refractivity contribution in [1.29, 1.82) is 0 Å². The van der Waals surface area contributed by atoms with E-state index in [4.69, 9.17) is 5.11 Å². The third-order valence-corrected chi connectivity index (χ3v) is 5.26. The average Bonchev–Trinajstić information content (AvgIpc) is 2.74. The van der Waals surface area contributed by atoms with E-state index in [1.807, 2.05) is 19.0 Å². The molecule has 0 aliphatic carbocycles. The number of nitrogens with zero attached hydrogens (tertiary/aromatic N) is 2. The van der Waals surface area contributed by atoms with Crippen molar-refractivity contribution >= 4 is 21.4 Å². The van der Waals surface area contributed by atoms with Crippen molar-refractivity contribution in [2.75, 3.05) is 34.2 Å². The van der Waals surface area contributed by atoms with Crippen LogP contribution in [0.3, 0.4) is 0 Å². The minimum atomic E-state index is -3.42. The molecule has 0 atom stereocenters. The summed E-state index contributed by atoms with van der Waals surface area (Å²) in [5.41, 5.74) is 0. The predicted octanol–water partition coefficient (Wildman–Crippen LogP) is 0.422. The Labute approximate surface area is 106 Å². The molecule has 0 aromatic carbocycles. The normalized spacial score (nSPS) is 12.6. The molecule has 1 heterocycles. The second-order valence-corrected chi connectivity index (χ2v) is 7.08. The summed E-state index contributed by atoms with van der Waals surface area (Å²) in [4.78, 5) is 2.84. The summed E-state index contributed by atoms with van der Waals surface area (Å²) in [6, 6.07) is 1.52. The van der Waals surface area contributed by atoms with Crippen molar-refractivity contribution < 1.29 is 13.5 Å². The van der Waals surface area contributed by atoms with Crippen molar-refractivity contribution in [3.05, 3.63) is 16.3 Å². The van der Waals surface area contributed by atoms with Crippen LogP contribution in [-0.2, 0) is 16.6 Å². The first-order valence-electron chi connectivity index (χ1n) is 5.17. The average molecular weight is 278 g/mol. The lowest BCUT2D eigenvalue weighted by atomic mass is 10.5. The molecule has 0 fully saturated rings. The molecule has 0 bridgehead atoms. The van der Waals surface area contributed by atoms with Gasteiger partial charge in [0.15, 0.2) is 0 Å². The van der Waals surface area contributed by atoms with Crippen LogP contribution in [0.1, 0.15) is 4.88 Å². The van der Waals surface area contributed by atoms with Crippen LogP contribution in [0.5, 0.6) is 0 Å². The highest BCUT2D eigenvalue weighted by Crippen LogP contribution is 2.21. The van der Waals surface area contributed by atoms with Crippen LogP contribution in [0, 0.1) is 0 Å². The maximum absolute atomic E-state index is 12.1. The van der Waals surface area contributed by atoms with E-state index in [-0.39, 0.29) is 11.5 Å². The van der Waals surface area contributed by atoms with E-state index in [1.165, 1.54) is 21.7 Å². The molecular formula is C10H18N2O3S2. The maximum Gasteiger partial charge on any atom is 0.243 e. The van der Waals surface area contributed by atoms with E-state index in [0.717, 1.165) is 0 Å². The number of thiophene rings is 1. The molecule has 7 heteroatoms. The van der Waals surface area contributed by atoms with Gasteiger partial charge in [0.2, 0.25) is 10.0 Å². The Balaban J connectivity index is 2.79. The van der Waals surface area contributed by atoms with Crippen LogP contribution < -0.4 is 0 Å². The Hall–Kier alpha value is -0.470. The Morgan fingerprint density at radius 1 is 1.29 bits per heavy atom. The first-order valence-corrected chi connectivity index (χ1v) is 7.49. The molecular weight excluding hydrogens is 260 g/mol. The molecule has 0 aliphatic heterocycles. The molecule has 1 aromatic heterocycles. The first kappa shape index (κ1) is 14.6. The molecule has 1 rings (SSSR count).